The first-order valence-electron chi connectivity index (χ1n) is 19.9. The minimum Gasteiger partial charge on any atom is -0.456 e. The Morgan fingerprint density at radius 2 is 1.22 bits per heavy atom. The van der Waals surface area contributed by atoms with E-state index in [2.05, 4.69) is 184 Å². The average molecular weight is 778 g/mol. The summed E-state index contributed by atoms with van der Waals surface area (Å²) in [6, 6.07) is 54.0. The maximum atomic E-state index is 6.53. The third kappa shape index (κ3) is 4.61. The summed E-state index contributed by atoms with van der Waals surface area (Å²) in [6.07, 6.45) is 0. The second-order valence-corrected chi connectivity index (χ2v) is 19.0. The zero-order chi connectivity index (χ0) is 38.4. The molecule has 1 aliphatic heterocycles. The van der Waals surface area contributed by atoms with E-state index < -0.39 is 0 Å². The van der Waals surface area contributed by atoms with Crippen LogP contribution in [0.1, 0.15) is 26.3 Å². The fraction of sp³-hybridized carbons (Fsp3) is 0.0769. The van der Waals surface area contributed by atoms with Crippen molar-refractivity contribution < 1.29 is 4.42 Å². The number of rotatable bonds is 3. The molecule has 0 fully saturated rings. The van der Waals surface area contributed by atoms with Crippen molar-refractivity contribution in [3.8, 4) is 16.8 Å². The molecule has 1 radical (unpaired) electrons. The normalized spacial score (nSPS) is 12.9. The van der Waals surface area contributed by atoms with Crippen molar-refractivity contribution in [3.05, 3.63) is 151 Å². The van der Waals surface area contributed by atoms with Crippen molar-refractivity contribution in [1.82, 2.24) is 4.57 Å². The van der Waals surface area contributed by atoms with Gasteiger partial charge in [0.25, 0.3) is 0 Å². The van der Waals surface area contributed by atoms with Gasteiger partial charge in [-0.15, -0.1) is 22.7 Å². The Hall–Kier alpha value is -6.34. The Morgan fingerprint density at radius 3 is 1.98 bits per heavy atom. The summed E-state index contributed by atoms with van der Waals surface area (Å²) >= 11 is 3.74. The van der Waals surface area contributed by atoms with E-state index in [0.29, 0.717) is 0 Å². The fourth-order valence-corrected chi connectivity index (χ4v) is 11.8. The molecule has 273 valence electrons. The van der Waals surface area contributed by atoms with Crippen molar-refractivity contribution in [2.24, 2.45) is 0 Å². The number of hydrogen-bond acceptors (Lipinski definition) is 4. The molecule has 8 aromatic carbocycles. The number of thiophene rings is 2. The highest BCUT2D eigenvalue weighted by atomic mass is 32.1. The Kier molecular flexibility index (Phi) is 6.56. The Morgan fingerprint density at radius 1 is 0.534 bits per heavy atom. The Labute approximate surface area is 343 Å². The van der Waals surface area contributed by atoms with E-state index in [1.165, 1.54) is 89.8 Å². The number of benzene rings is 8. The number of fused-ring (bicyclic) bond motifs is 14. The molecular formula is C52H34BN2OS2. The van der Waals surface area contributed by atoms with E-state index in [-0.39, 0.29) is 5.41 Å². The van der Waals surface area contributed by atoms with Crippen molar-refractivity contribution in [2.75, 3.05) is 5.32 Å². The van der Waals surface area contributed by atoms with Crippen LogP contribution in [0.15, 0.2) is 150 Å². The van der Waals surface area contributed by atoms with Crippen LogP contribution in [-0.2, 0) is 5.41 Å². The van der Waals surface area contributed by atoms with Gasteiger partial charge < -0.3 is 14.3 Å². The minimum absolute atomic E-state index is 0.0822. The zero-order valence-electron chi connectivity index (χ0n) is 32.1. The number of aromatic nitrogens is 1. The van der Waals surface area contributed by atoms with Crippen molar-refractivity contribution in [1.29, 1.82) is 0 Å². The highest BCUT2D eigenvalue weighted by molar-refractivity contribution is 7.26. The third-order valence-corrected chi connectivity index (χ3v) is 14.6. The first-order chi connectivity index (χ1) is 28.3. The molecule has 0 spiro atoms. The molecule has 1 aliphatic rings. The van der Waals surface area contributed by atoms with E-state index in [1.54, 1.807) is 0 Å². The van der Waals surface area contributed by atoms with Gasteiger partial charge in [-0.3, -0.25) is 0 Å². The van der Waals surface area contributed by atoms with Crippen LogP contribution < -0.4 is 16.2 Å². The average Bonchev–Trinajstić information content (AvgIpc) is 3.98. The largest absolute Gasteiger partial charge is 0.456 e. The molecule has 5 heterocycles. The summed E-state index contributed by atoms with van der Waals surface area (Å²) in [5.41, 5.74) is 13.8. The fourth-order valence-electron chi connectivity index (χ4n) is 9.53. The summed E-state index contributed by atoms with van der Waals surface area (Å²) in [4.78, 5) is 0. The maximum absolute atomic E-state index is 6.53. The summed E-state index contributed by atoms with van der Waals surface area (Å²) in [5.74, 6) is 0. The second kappa shape index (κ2) is 11.6. The number of anilines is 2. The van der Waals surface area contributed by atoms with Crippen LogP contribution in [0.3, 0.4) is 0 Å². The number of furan rings is 1. The molecule has 0 bridgehead atoms. The van der Waals surface area contributed by atoms with Crippen LogP contribution in [0.5, 0.6) is 0 Å². The maximum Gasteiger partial charge on any atom is 0.197 e. The highest BCUT2D eigenvalue weighted by Gasteiger charge is 2.29. The van der Waals surface area contributed by atoms with Crippen LogP contribution in [-0.4, -0.2) is 11.8 Å². The summed E-state index contributed by atoms with van der Waals surface area (Å²) in [7, 11) is 2.43. The molecule has 4 aromatic heterocycles. The van der Waals surface area contributed by atoms with Crippen molar-refractivity contribution in [2.45, 2.75) is 26.2 Å². The molecule has 0 saturated carbocycles. The molecule has 0 amide bonds. The van der Waals surface area contributed by atoms with E-state index in [9.17, 15) is 0 Å². The molecule has 1 N–H and O–H groups in total. The van der Waals surface area contributed by atoms with E-state index in [1.807, 2.05) is 22.7 Å². The van der Waals surface area contributed by atoms with Gasteiger partial charge in [-0.25, -0.2) is 0 Å². The Bertz CT molecular complexity index is 3720. The molecule has 12 aromatic rings. The van der Waals surface area contributed by atoms with E-state index in [4.69, 9.17) is 4.42 Å². The number of nitrogens with one attached hydrogen (secondary N) is 1. The van der Waals surface area contributed by atoms with Gasteiger partial charge in [0, 0.05) is 96.1 Å². The van der Waals surface area contributed by atoms with Crippen LogP contribution >= 0.6 is 22.7 Å². The Balaban J connectivity index is 1.12. The first-order valence-corrected chi connectivity index (χ1v) is 21.5. The summed E-state index contributed by atoms with van der Waals surface area (Å²) < 4.78 is 14.3. The van der Waals surface area contributed by atoms with Gasteiger partial charge in [-0.2, -0.15) is 0 Å². The lowest BCUT2D eigenvalue weighted by molar-refractivity contribution is 0.590. The molecule has 13 rings (SSSR count). The van der Waals surface area contributed by atoms with Gasteiger partial charge in [0.15, 0.2) is 7.28 Å². The number of nitrogens with zero attached hydrogens (tertiary/aromatic N) is 1. The molecule has 0 saturated heterocycles. The van der Waals surface area contributed by atoms with Crippen molar-refractivity contribution in [3.63, 3.8) is 0 Å². The smallest absolute Gasteiger partial charge is 0.197 e. The second-order valence-electron chi connectivity index (χ2n) is 16.8. The SMILES string of the molecule is CC(C)(C)c1ccc(Nc2cc3sc4ccccc4c3cc2-c2ccc3c4cc5sc6ccccc6c5cc4n4c3c2[B]c2cc3c(cc2-4)oc2ccccc23)cc1. The third-order valence-electron chi connectivity index (χ3n) is 12.4. The van der Waals surface area contributed by atoms with Crippen LogP contribution in [0.4, 0.5) is 11.4 Å². The van der Waals surface area contributed by atoms with Crippen LogP contribution in [0.25, 0.3) is 101 Å². The minimum atomic E-state index is 0.0822. The zero-order valence-corrected chi connectivity index (χ0v) is 33.7. The highest BCUT2D eigenvalue weighted by Crippen LogP contribution is 2.45. The summed E-state index contributed by atoms with van der Waals surface area (Å²) in [5, 5.41) is 13.9. The predicted octanol–water partition coefficient (Wildman–Crippen LogP) is 14.1. The lowest BCUT2D eigenvalue weighted by Crippen LogP contribution is -2.37. The van der Waals surface area contributed by atoms with Gasteiger partial charge in [0.1, 0.15) is 11.2 Å². The molecule has 0 aliphatic carbocycles. The number of para-hydroxylation sites is 1. The number of hydrogen-bond donors (Lipinski definition) is 1. The van der Waals surface area contributed by atoms with E-state index in [0.717, 1.165) is 39.0 Å². The molecule has 3 nitrogen and oxygen atoms in total. The first kappa shape index (κ1) is 32.7. The van der Waals surface area contributed by atoms with Gasteiger partial charge in [0.05, 0.1) is 5.52 Å². The molecule has 58 heavy (non-hydrogen) atoms. The van der Waals surface area contributed by atoms with E-state index >= 15 is 0 Å². The van der Waals surface area contributed by atoms with Gasteiger partial charge in [0.2, 0.25) is 0 Å². The topological polar surface area (TPSA) is 30.1 Å². The molecule has 0 atom stereocenters. The summed E-state index contributed by atoms with van der Waals surface area (Å²) in [6.45, 7) is 6.80. The molecular weight excluding hydrogens is 744 g/mol. The standard InChI is InChI=1S/C52H34BN2OS2/c1-52(2,3)28-16-18-29(19-17-28)54-41-26-49-38(31-11-5-8-14-46(31)58-49)22-35(41)33-20-21-34-36-25-48-39(32-12-6-9-15-47(32)57-48)24-42(36)55-43-27-45-37(23-40(43)53-50(33)51(34)55)30-10-4-7-13-44(30)56-45/h4-27,54H,1-3H3. The molecule has 6 heteroatoms. The predicted molar refractivity (Wildman–Crippen MR) is 253 cm³/mol. The monoisotopic (exact) mass is 777 g/mol. The van der Waals surface area contributed by atoms with Gasteiger partial charge in [-0.05, 0) is 76.6 Å². The van der Waals surface area contributed by atoms with Gasteiger partial charge >= 0.3 is 0 Å². The lowest BCUT2D eigenvalue weighted by atomic mass is 9.59. The lowest BCUT2D eigenvalue weighted by Gasteiger charge is -2.24. The molecule has 0 unspecified atom stereocenters. The quantitative estimate of drug-likeness (QED) is 0.181. The van der Waals surface area contributed by atoms with Crippen LogP contribution in [0, 0.1) is 0 Å². The van der Waals surface area contributed by atoms with Crippen LogP contribution in [0.2, 0.25) is 0 Å². The van der Waals surface area contributed by atoms with Crippen molar-refractivity contribution >= 4 is 136 Å². The van der Waals surface area contributed by atoms with Gasteiger partial charge in [-0.1, -0.05) is 111 Å².